The molecule has 0 spiro atoms. The third-order valence-electron chi connectivity index (χ3n) is 1.91. The van der Waals surface area contributed by atoms with E-state index in [0.29, 0.717) is 6.42 Å². The molecule has 12 heavy (non-hydrogen) atoms. The van der Waals surface area contributed by atoms with Gasteiger partial charge in [-0.2, -0.15) is 0 Å². The molecule has 3 nitrogen and oxygen atoms in total. The predicted octanol–water partition coefficient (Wildman–Crippen LogP) is -3.14. The normalized spacial score (nSPS) is 12.3. The van der Waals surface area contributed by atoms with Gasteiger partial charge >= 0.3 is 29.6 Å². The van der Waals surface area contributed by atoms with E-state index in [2.05, 4.69) is 0 Å². The van der Waals surface area contributed by atoms with E-state index in [4.69, 9.17) is 0 Å². The van der Waals surface area contributed by atoms with Gasteiger partial charge in [0, 0.05) is 6.04 Å². The van der Waals surface area contributed by atoms with Crippen LogP contribution in [0.15, 0.2) is 0 Å². The Morgan fingerprint density at radius 2 is 1.75 bits per heavy atom. The molecule has 0 radical (unpaired) electrons. The van der Waals surface area contributed by atoms with Crippen molar-refractivity contribution in [1.29, 1.82) is 0 Å². The van der Waals surface area contributed by atoms with Crippen molar-refractivity contribution in [3.63, 3.8) is 0 Å². The number of carbonyl (C=O) groups is 1. The first-order valence-corrected chi connectivity index (χ1v) is 4.12. The maximum Gasteiger partial charge on any atom is 1.00 e. The Balaban J connectivity index is 0. The number of rotatable bonds is 5. The fourth-order valence-electron chi connectivity index (χ4n) is 1.24. The number of carboxylic acid groups (broad SMARTS) is 1. The molecule has 0 rings (SSSR count). The van der Waals surface area contributed by atoms with E-state index in [-0.39, 0.29) is 29.6 Å². The molecule has 0 aliphatic rings. The molecule has 0 aromatic rings. The van der Waals surface area contributed by atoms with Gasteiger partial charge in [0.2, 0.25) is 0 Å². The Bertz CT molecular complexity index is 126. The van der Waals surface area contributed by atoms with E-state index >= 15 is 0 Å². The summed E-state index contributed by atoms with van der Waals surface area (Å²) in [7, 11) is 0. The van der Waals surface area contributed by atoms with Crippen LogP contribution in [0.5, 0.6) is 0 Å². The molecule has 0 aromatic heterocycles. The summed E-state index contributed by atoms with van der Waals surface area (Å²) in [5.41, 5.74) is 0. The summed E-state index contributed by atoms with van der Waals surface area (Å²) >= 11 is 0. The number of likely N-dealkylation sites (N-methyl/N-ethyl adjacent to an activating group) is 1. The second-order valence-electron chi connectivity index (χ2n) is 2.46. The Hall–Kier alpha value is 0.430. The predicted molar refractivity (Wildman–Crippen MR) is 42.0 cm³/mol. The van der Waals surface area contributed by atoms with Crippen LogP contribution in [0.4, 0.5) is 0 Å². The molecule has 0 saturated carbocycles. The first-order valence-electron chi connectivity index (χ1n) is 4.12. The van der Waals surface area contributed by atoms with Crippen molar-refractivity contribution in [3.8, 4) is 0 Å². The third-order valence-corrected chi connectivity index (χ3v) is 1.91. The van der Waals surface area contributed by atoms with Crippen LogP contribution in [0.25, 0.3) is 0 Å². The summed E-state index contributed by atoms with van der Waals surface area (Å²) in [6.07, 6.45) is 0.615. The number of aliphatic carboxylic acids is 1. The molecule has 1 unspecified atom stereocenters. The zero-order valence-electron chi connectivity index (χ0n) is 8.46. The molecule has 0 saturated heterocycles. The Morgan fingerprint density at radius 3 is 1.83 bits per heavy atom. The fraction of sp³-hybridized carbons (Fsp3) is 0.875. The van der Waals surface area contributed by atoms with Crippen molar-refractivity contribution in [1.82, 2.24) is 4.90 Å². The van der Waals surface area contributed by atoms with E-state index in [1.54, 1.807) is 0 Å². The van der Waals surface area contributed by atoms with Crippen LogP contribution in [0.3, 0.4) is 0 Å². The second-order valence-corrected chi connectivity index (χ2v) is 2.46. The minimum atomic E-state index is -0.962. The van der Waals surface area contributed by atoms with Crippen LogP contribution in [0.2, 0.25) is 0 Å². The molecule has 0 aliphatic carbocycles. The van der Waals surface area contributed by atoms with Crippen molar-refractivity contribution in [2.75, 3.05) is 13.1 Å². The maximum absolute atomic E-state index is 10.5. The number of hydrogen-bond acceptors (Lipinski definition) is 3. The van der Waals surface area contributed by atoms with Gasteiger partial charge in [0.1, 0.15) is 0 Å². The SMILES string of the molecule is CCC(C(=O)[O-])N(CC)CC.[Na+]. The van der Waals surface area contributed by atoms with E-state index in [0.717, 1.165) is 13.1 Å². The Morgan fingerprint density at radius 1 is 1.33 bits per heavy atom. The second kappa shape index (κ2) is 8.05. The van der Waals surface area contributed by atoms with E-state index in [1.807, 2.05) is 25.7 Å². The van der Waals surface area contributed by atoms with Crippen LogP contribution < -0.4 is 34.7 Å². The number of carbonyl (C=O) groups excluding carboxylic acids is 1. The van der Waals surface area contributed by atoms with Gasteiger partial charge in [-0.05, 0) is 19.5 Å². The van der Waals surface area contributed by atoms with Gasteiger partial charge in [0.05, 0.1) is 5.97 Å². The average Bonchev–Trinajstić information content (AvgIpc) is 1.99. The first-order chi connectivity index (χ1) is 5.17. The number of nitrogens with zero attached hydrogens (tertiary/aromatic N) is 1. The summed E-state index contributed by atoms with van der Waals surface area (Å²) < 4.78 is 0. The molecule has 4 heteroatoms. The largest absolute Gasteiger partial charge is 1.00 e. The van der Waals surface area contributed by atoms with Crippen molar-refractivity contribution in [2.24, 2.45) is 0 Å². The molecule has 0 aromatic carbocycles. The van der Waals surface area contributed by atoms with Gasteiger partial charge in [-0.15, -0.1) is 0 Å². The molecule has 0 N–H and O–H groups in total. The Kier molecular flexibility index (Phi) is 10.0. The van der Waals surface area contributed by atoms with Crippen molar-refractivity contribution in [3.05, 3.63) is 0 Å². The van der Waals surface area contributed by atoms with Gasteiger partial charge < -0.3 is 9.90 Å². The van der Waals surface area contributed by atoms with Crippen molar-refractivity contribution < 1.29 is 39.5 Å². The quantitative estimate of drug-likeness (QED) is 0.421. The van der Waals surface area contributed by atoms with Gasteiger partial charge in [-0.25, -0.2) is 0 Å². The number of carboxylic acids is 1. The zero-order chi connectivity index (χ0) is 8.85. The third kappa shape index (κ3) is 4.45. The summed E-state index contributed by atoms with van der Waals surface area (Å²) in [4.78, 5) is 12.4. The summed E-state index contributed by atoms with van der Waals surface area (Å²) in [5.74, 6) is -0.962. The van der Waals surface area contributed by atoms with Gasteiger partial charge in [0.15, 0.2) is 0 Å². The molecule has 0 heterocycles. The van der Waals surface area contributed by atoms with Crippen LogP contribution in [-0.4, -0.2) is 30.0 Å². The van der Waals surface area contributed by atoms with E-state index in [9.17, 15) is 9.90 Å². The smallest absolute Gasteiger partial charge is 0.548 e. The fourth-order valence-corrected chi connectivity index (χ4v) is 1.24. The molecular weight excluding hydrogens is 165 g/mol. The van der Waals surface area contributed by atoms with Crippen LogP contribution in [0.1, 0.15) is 27.2 Å². The van der Waals surface area contributed by atoms with Gasteiger partial charge in [0.25, 0.3) is 0 Å². The minimum absolute atomic E-state index is 0. The van der Waals surface area contributed by atoms with E-state index < -0.39 is 12.0 Å². The molecule has 0 aliphatic heterocycles. The molecular formula is C8H16NNaO2. The van der Waals surface area contributed by atoms with Crippen LogP contribution in [0, 0.1) is 0 Å². The molecule has 0 amide bonds. The van der Waals surface area contributed by atoms with Crippen molar-refractivity contribution >= 4 is 5.97 Å². The van der Waals surface area contributed by atoms with Crippen LogP contribution >= 0.6 is 0 Å². The monoisotopic (exact) mass is 181 g/mol. The summed E-state index contributed by atoms with van der Waals surface area (Å²) in [6.45, 7) is 7.30. The topological polar surface area (TPSA) is 43.4 Å². The maximum atomic E-state index is 10.5. The molecule has 0 bridgehead atoms. The van der Waals surface area contributed by atoms with Crippen molar-refractivity contribution in [2.45, 2.75) is 33.2 Å². The minimum Gasteiger partial charge on any atom is -0.548 e. The van der Waals surface area contributed by atoms with E-state index in [1.165, 1.54) is 0 Å². The summed E-state index contributed by atoms with van der Waals surface area (Å²) in [5, 5.41) is 10.5. The average molecular weight is 181 g/mol. The molecule has 66 valence electrons. The Labute approximate surface area is 96.4 Å². The first kappa shape index (κ1) is 14.9. The molecule has 0 fully saturated rings. The van der Waals surface area contributed by atoms with Gasteiger partial charge in [-0.3, -0.25) is 4.90 Å². The molecule has 1 atom stereocenters. The standard InChI is InChI=1S/C8H17NO2.Na/c1-4-7(8(10)11)9(5-2)6-3;/h7H,4-6H2,1-3H3,(H,10,11);/q;+1/p-1. The van der Waals surface area contributed by atoms with Crippen LogP contribution in [-0.2, 0) is 4.79 Å². The zero-order valence-corrected chi connectivity index (χ0v) is 10.5. The summed E-state index contributed by atoms with van der Waals surface area (Å²) in [6, 6.07) is -0.412. The number of hydrogen-bond donors (Lipinski definition) is 0. The van der Waals surface area contributed by atoms with Gasteiger partial charge in [-0.1, -0.05) is 20.8 Å².